The number of oxime groups is 1. The van der Waals surface area contributed by atoms with E-state index in [1.54, 1.807) is 37.6 Å². The van der Waals surface area contributed by atoms with Crippen molar-refractivity contribution in [3.8, 4) is 11.5 Å². The van der Waals surface area contributed by atoms with Gasteiger partial charge in [-0.15, -0.1) is 0 Å². The summed E-state index contributed by atoms with van der Waals surface area (Å²) in [5, 5.41) is 14.6. The Kier molecular flexibility index (Phi) is 6.13. The summed E-state index contributed by atoms with van der Waals surface area (Å²) in [6.45, 7) is 2.56. The second kappa shape index (κ2) is 8.52. The first-order valence-corrected chi connectivity index (χ1v) is 7.33. The summed E-state index contributed by atoms with van der Waals surface area (Å²) in [4.78, 5) is 15.5. The molecule has 0 fully saturated rings. The quantitative estimate of drug-likeness (QED) is 0.420. The Morgan fingerprint density at radius 1 is 1.21 bits per heavy atom. The molecule has 0 N–H and O–H groups in total. The lowest BCUT2D eigenvalue weighted by molar-refractivity contribution is -0.384. The number of non-ortho nitro benzene ring substituents is 1. The number of hydrogen-bond donors (Lipinski definition) is 0. The van der Waals surface area contributed by atoms with E-state index in [0.717, 1.165) is 5.56 Å². The van der Waals surface area contributed by atoms with Crippen LogP contribution in [0.3, 0.4) is 0 Å². The number of ether oxygens (including phenoxy) is 2. The second-order valence-electron chi connectivity index (χ2n) is 4.78. The molecule has 0 saturated carbocycles. The molecule has 0 aromatic heterocycles. The summed E-state index contributed by atoms with van der Waals surface area (Å²) in [6.07, 6.45) is 1.54. The molecule has 0 aliphatic heterocycles. The molecule has 0 unspecified atom stereocenters. The maximum Gasteiger partial charge on any atom is 0.269 e. The summed E-state index contributed by atoms with van der Waals surface area (Å²) in [5.74, 6) is 1.27. The van der Waals surface area contributed by atoms with Gasteiger partial charge in [0, 0.05) is 17.7 Å². The molecule has 0 bridgehead atoms. The van der Waals surface area contributed by atoms with E-state index in [2.05, 4.69) is 5.16 Å². The summed E-state index contributed by atoms with van der Waals surface area (Å²) < 4.78 is 10.7. The number of rotatable bonds is 8. The van der Waals surface area contributed by atoms with E-state index < -0.39 is 4.92 Å². The molecule has 24 heavy (non-hydrogen) atoms. The molecule has 0 spiro atoms. The van der Waals surface area contributed by atoms with Crippen LogP contribution in [0, 0.1) is 10.1 Å². The highest BCUT2D eigenvalue weighted by Crippen LogP contribution is 2.27. The molecule has 0 heterocycles. The van der Waals surface area contributed by atoms with Gasteiger partial charge in [-0.25, -0.2) is 0 Å². The van der Waals surface area contributed by atoms with Gasteiger partial charge in [-0.3, -0.25) is 10.1 Å². The zero-order chi connectivity index (χ0) is 17.4. The minimum Gasteiger partial charge on any atom is -0.493 e. The van der Waals surface area contributed by atoms with Gasteiger partial charge in [0.05, 0.1) is 24.9 Å². The van der Waals surface area contributed by atoms with Gasteiger partial charge >= 0.3 is 0 Å². The summed E-state index contributed by atoms with van der Waals surface area (Å²) >= 11 is 0. The minimum atomic E-state index is -0.445. The van der Waals surface area contributed by atoms with Crippen LogP contribution in [-0.2, 0) is 11.4 Å². The first kappa shape index (κ1) is 17.3. The molecule has 2 rings (SSSR count). The molecule has 7 nitrogen and oxygen atoms in total. The first-order chi connectivity index (χ1) is 11.6. The normalized spacial score (nSPS) is 10.6. The smallest absolute Gasteiger partial charge is 0.269 e. The molecule has 2 aromatic rings. The SMILES string of the molecule is CCOc1cc(/C=N\OCc2cccc([N+](=O)[O-])c2)ccc1OC. The average molecular weight is 330 g/mol. The maximum absolute atomic E-state index is 10.7. The molecular weight excluding hydrogens is 312 g/mol. The van der Waals surface area contributed by atoms with Crippen LogP contribution >= 0.6 is 0 Å². The maximum atomic E-state index is 10.7. The van der Waals surface area contributed by atoms with E-state index in [1.165, 1.54) is 12.1 Å². The van der Waals surface area contributed by atoms with Crippen molar-refractivity contribution in [1.82, 2.24) is 0 Å². The molecule has 7 heteroatoms. The largest absolute Gasteiger partial charge is 0.493 e. The predicted octanol–water partition coefficient (Wildman–Crippen LogP) is 3.55. The van der Waals surface area contributed by atoms with E-state index in [4.69, 9.17) is 14.3 Å². The minimum absolute atomic E-state index is 0.0246. The number of nitro groups is 1. The second-order valence-corrected chi connectivity index (χ2v) is 4.78. The highest BCUT2D eigenvalue weighted by Gasteiger charge is 2.06. The van der Waals surface area contributed by atoms with Gasteiger partial charge in [-0.1, -0.05) is 17.3 Å². The van der Waals surface area contributed by atoms with Crippen molar-refractivity contribution >= 4 is 11.9 Å². The van der Waals surface area contributed by atoms with Crippen molar-refractivity contribution in [3.63, 3.8) is 0 Å². The van der Waals surface area contributed by atoms with E-state index in [1.807, 2.05) is 13.0 Å². The fourth-order valence-corrected chi connectivity index (χ4v) is 2.01. The monoisotopic (exact) mass is 330 g/mol. The Morgan fingerprint density at radius 2 is 2.04 bits per heavy atom. The fraction of sp³-hybridized carbons (Fsp3) is 0.235. The van der Waals surface area contributed by atoms with Crippen LogP contribution in [0.4, 0.5) is 5.69 Å². The standard InChI is InChI=1S/C17H18N2O5/c1-3-23-17-10-13(7-8-16(17)22-2)11-18-24-12-14-5-4-6-15(9-14)19(20)21/h4-11H,3,12H2,1-2H3/b18-11-. The van der Waals surface area contributed by atoms with Crippen molar-refractivity contribution in [2.75, 3.05) is 13.7 Å². The van der Waals surface area contributed by atoms with E-state index in [-0.39, 0.29) is 12.3 Å². The molecule has 0 radical (unpaired) electrons. The van der Waals surface area contributed by atoms with Crippen molar-refractivity contribution < 1.29 is 19.2 Å². The Bertz CT molecular complexity index is 731. The lowest BCUT2D eigenvalue weighted by Gasteiger charge is -2.09. The number of nitrogens with zero attached hydrogens (tertiary/aromatic N) is 2. The van der Waals surface area contributed by atoms with Crippen LogP contribution in [0.25, 0.3) is 0 Å². The molecule has 0 atom stereocenters. The molecule has 0 saturated heterocycles. The van der Waals surface area contributed by atoms with E-state index in [9.17, 15) is 10.1 Å². The third-order valence-electron chi connectivity index (χ3n) is 3.12. The van der Waals surface area contributed by atoms with Gasteiger partial charge in [0.1, 0.15) is 6.61 Å². The topological polar surface area (TPSA) is 83.2 Å². The number of nitro benzene ring substituents is 1. The lowest BCUT2D eigenvalue weighted by atomic mass is 10.2. The molecule has 0 amide bonds. The van der Waals surface area contributed by atoms with Gasteiger partial charge in [0.15, 0.2) is 11.5 Å². The van der Waals surface area contributed by atoms with Crippen molar-refractivity contribution in [2.45, 2.75) is 13.5 Å². The van der Waals surface area contributed by atoms with Crippen LogP contribution in [0.1, 0.15) is 18.1 Å². The molecule has 2 aromatic carbocycles. The highest BCUT2D eigenvalue weighted by atomic mass is 16.6. The first-order valence-electron chi connectivity index (χ1n) is 7.33. The third-order valence-corrected chi connectivity index (χ3v) is 3.12. The van der Waals surface area contributed by atoms with E-state index >= 15 is 0 Å². The van der Waals surface area contributed by atoms with Gasteiger partial charge in [0.25, 0.3) is 5.69 Å². The zero-order valence-electron chi connectivity index (χ0n) is 13.5. The summed E-state index contributed by atoms with van der Waals surface area (Å²) in [5.41, 5.74) is 1.49. The van der Waals surface area contributed by atoms with Crippen molar-refractivity contribution in [1.29, 1.82) is 0 Å². The predicted molar refractivity (Wildman–Crippen MR) is 89.6 cm³/mol. The number of benzene rings is 2. The van der Waals surface area contributed by atoms with Gasteiger partial charge in [-0.05, 0) is 30.7 Å². The molecule has 0 aliphatic carbocycles. The summed E-state index contributed by atoms with van der Waals surface area (Å²) in [6, 6.07) is 11.6. The van der Waals surface area contributed by atoms with Crippen LogP contribution in [0.5, 0.6) is 11.5 Å². The molecule has 0 aliphatic rings. The van der Waals surface area contributed by atoms with Gasteiger partial charge < -0.3 is 14.3 Å². The molecule has 126 valence electrons. The van der Waals surface area contributed by atoms with Crippen LogP contribution in [-0.4, -0.2) is 24.9 Å². The van der Waals surface area contributed by atoms with Crippen LogP contribution in [0.2, 0.25) is 0 Å². The van der Waals surface area contributed by atoms with Crippen molar-refractivity contribution in [2.24, 2.45) is 5.16 Å². The summed E-state index contributed by atoms with van der Waals surface area (Å²) in [7, 11) is 1.58. The Labute approximate surface area is 139 Å². The van der Waals surface area contributed by atoms with Gasteiger partial charge in [-0.2, -0.15) is 0 Å². The van der Waals surface area contributed by atoms with Crippen LogP contribution < -0.4 is 9.47 Å². The lowest BCUT2D eigenvalue weighted by Crippen LogP contribution is -1.96. The van der Waals surface area contributed by atoms with Crippen LogP contribution in [0.15, 0.2) is 47.6 Å². The van der Waals surface area contributed by atoms with Crippen molar-refractivity contribution in [3.05, 3.63) is 63.7 Å². The Balaban J connectivity index is 1.98. The molecular formula is C17H18N2O5. The average Bonchev–Trinajstić information content (AvgIpc) is 2.59. The van der Waals surface area contributed by atoms with Gasteiger partial charge in [0.2, 0.25) is 0 Å². The fourth-order valence-electron chi connectivity index (χ4n) is 2.01. The third kappa shape index (κ3) is 4.70. The Hall–Kier alpha value is -3.09. The number of methoxy groups -OCH3 is 1. The van der Waals surface area contributed by atoms with E-state index in [0.29, 0.717) is 23.7 Å². The Morgan fingerprint density at radius 3 is 2.75 bits per heavy atom. The number of hydrogen-bond acceptors (Lipinski definition) is 6. The highest BCUT2D eigenvalue weighted by molar-refractivity contribution is 5.80. The zero-order valence-corrected chi connectivity index (χ0v) is 13.5.